The number of rotatable bonds is 4. The number of ether oxygens (including phenoxy) is 1. The first-order valence-electron chi connectivity index (χ1n) is 7.96. The number of amides is 1. The lowest BCUT2D eigenvalue weighted by molar-refractivity contribution is 0.0883. The Kier molecular flexibility index (Phi) is 5.14. The molecule has 0 saturated heterocycles. The summed E-state index contributed by atoms with van der Waals surface area (Å²) < 4.78 is 5.93. The minimum atomic E-state index is -0.309. The molecule has 2 aromatic rings. The number of halogens is 1. The van der Waals surface area contributed by atoms with Crippen LogP contribution in [0.2, 0.25) is 5.02 Å². The van der Waals surface area contributed by atoms with E-state index in [2.05, 4.69) is 20.7 Å². The zero-order valence-electron chi connectivity index (χ0n) is 13.6. The van der Waals surface area contributed by atoms with Crippen molar-refractivity contribution in [2.75, 3.05) is 0 Å². The fraction of sp³-hybridized carbons (Fsp3) is 0.438. The monoisotopic (exact) mass is 360 g/mol. The van der Waals surface area contributed by atoms with Crippen molar-refractivity contribution in [2.24, 2.45) is 7.05 Å². The van der Waals surface area contributed by atoms with Crippen LogP contribution in [-0.2, 0) is 7.05 Å². The number of nitrogens with one attached hydrogen (secondary N) is 1. The number of nitrogens with zero attached hydrogens (tertiary/aromatic N) is 5. The number of hydrogen-bond donors (Lipinski definition) is 1. The molecule has 130 valence electrons. The maximum Gasteiger partial charge on any atom is 0.293 e. The molecule has 8 nitrogen and oxygen atoms in total. The third-order valence-corrected chi connectivity index (χ3v) is 4.40. The van der Waals surface area contributed by atoms with Crippen LogP contribution in [0.25, 0.3) is 0 Å². The summed E-state index contributed by atoms with van der Waals surface area (Å²) in [7, 11) is 1.61. The van der Waals surface area contributed by atoms with Crippen molar-refractivity contribution >= 4 is 17.5 Å². The minimum Gasteiger partial charge on any atom is -0.490 e. The van der Waals surface area contributed by atoms with Gasteiger partial charge in [-0.1, -0.05) is 11.6 Å². The highest BCUT2D eigenvalue weighted by Crippen LogP contribution is 2.27. The third kappa shape index (κ3) is 4.25. The number of aromatic nitrogens is 4. The molecule has 1 aliphatic rings. The first-order chi connectivity index (χ1) is 12.0. The summed E-state index contributed by atoms with van der Waals surface area (Å²) in [6, 6.07) is 7.15. The average Bonchev–Trinajstić information content (AvgIpc) is 3.03. The van der Waals surface area contributed by atoms with E-state index in [4.69, 9.17) is 21.6 Å². The molecule has 1 aliphatic carbocycles. The van der Waals surface area contributed by atoms with Gasteiger partial charge >= 0.3 is 0 Å². The van der Waals surface area contributed by atoms with Crippen LogP contribution in [0, 0.1) is 11.3 Å². The van der Waals surface area contributed by atoms with E-state index in [1.165, 1.54) is 4.80 Å². The molecule has 3 rings (SSSR count). The number of hydrogen-bond acceptors (Lipinski definition) is 6. The van der Waals surface area contributed by atoms with Crippen LogP contribution in [-0.4, -0.2) is 38.3 Å². The van der Waals surface area contributed by atoms with Crippen LogP contribution in [0.5, 0.6) is 5.75 Å². The molecule has 0 aliphatic heterocycles. The molecule has 9 heteroatoms. The molecule has 0 unspecified atom stereocenters. The zero-order valence-corrected chi connectivity index (χ0v) is 14.4. The van der Waals surface area contributed by atoms with E-state index < -0.39 is 0 Å². The molecular weight excluding hydrogens is 344 g/mol. The predicted molar refractivity (Wildman–Crippen MR) is 89.1 cm³/mol. The number of tetrazole rings is 1. The Bertz CT molecular complexity index is 807. The Hall–Kier alpha value is -2.66. The predicted octanol–water partition coefficient (Wildman–Crippen LogP) is 1.86. The van der Waals surface area contributed by atoms with Crippen molar-refractivity contribution in [3.05, 3.63) is 34.6 Å². The number of carbonyl (C=O) groups is 1. The molecule has 1 amide bonds. The molecule has 0 spiro atoms. The lowest BCUT2D eigenvalue weighted by Gasteiger charge is -2.29. The van der Waals surface area contributed by atoms with Crippen molar-refractivity contribution in [1.82, 2.24) is 25.5 Å². The second-order valence-corrected chi connectivity index (χ2v) is 6.33. The first kappa shape index (κ1) is 17.2. The second kappa shape index (κ2) is 7.49. The van der Waals surface area contributed by atoms with Gasteiger partial charge in [0.05, 0.1) is 23.7 Å². The summed E-state index contributed by atoms with van der Waals surface area (Å²) in [5, 5.41) is 23.5. The molecule has 1 aromatic heterocycles. The van der Waals surface area contributed by atoms with E-state index in [0.29, 0.717) is 16.3 Å². The van der Waals surface area contributed by atoms with E-state index in [9.17, 15) is 4.79 Å². The van der Waals surface area contributed by atoms with Crippen molar-refractivity contribution in [3.63, 3.8) is 0 Å². The maximum absolute atomic E-state index is 12.0. The van der Waals surface area contributed by atoms with Crippen molar-refractivity contribution < 1.29 is 9.53 Å². The van der Waals surface area contributed by atoms with Gasteiger partial charge in [0, 0.05) is 12.1 Å². The highest BCUT2D eigenvalue weighted by Gasteiger charge is 2.25. The van der Waals surface area contributed by atoms with Gasteiger partial charge in [0.15, 0.2) is 0 Å². The number of benzene rings is 1. The van der Waals surface area contributed by atoms with Crippen molar-refractivity contribution in [3.8, 4) is 11.8 Å². The van der Waals surface area contributed by atoms with Gasteiger partial charge < -0.3 is 10.1 Å². The Morgan fingerprint density at radius 3 is 2.76 bits per heavy atom. The first-order valence-corrected chi connectivity index (χ1v) is 8.34. The Labute approximate surface area is 149 Å². The molecule has 1 aromatic carbocycles. The topological polar surface area (TPSA) is 106 Å². The summed E-state index contributed by atoms with van der Waals surface area (Å²) in [6.07, 6.45) is 3.31. The maximum atomic E-state index is 12.0. The van der Waals surface area contributed by atoms with Crippen LogP contribution in [0.1, 0.15) is 41.9 Å². The highest BCUT2D eigenvalue weighted by molar-refractivity contribution is 6.31. The Morgan fingerprint density at radius 2 is 2.16 bits per heavy atom. The molecule has 0 atom stereocenters. The second-order valence-electron chi connectivity index (χ2n) is 5.92. The van der Waals surface area contributed by atoms with Gasteiger partial charge in [0.2, 0.25) is 0 Å². The summed E-state index contributed by atoms with van der Waals surface area (Å²) >= 11 is 6.02. The SMILES string of the molecule is Cn1nnc(C(=O)NC2CCC(Oc3ccc(C#N)c(Cl)c3)CC2)n1. The van der Waals surface area contributed by atoms with Crippen LogP contribution in [0.4, 0.5) is 0 Å². The third-order valence-electron chi connectivity index (χ3n) is 4.08. The highest BCUT2D eigenvalue weighted by atomic mass is 35.5. The van der Waals surface area contributed by atoms with Gasteiger partial charge in [0.1, 0.15) is 11.8 Å². The van der Waals surface area contributed by atoms with E-state index in [1.54, 1.807) is 25.2 Å². The van der Waals surface area contributed by atoms with Crippen LogP contribution >= 0.6 is 11.6 Å². The number of aryl methyl sites for hydroxylation is 1. The Balaban J connectivity index is 1.49. The van der Waals surface area contributed by atoms with Crippen LogP contribution in [0.3, 0.4) is 0 Å². The molecule has 25 heavy (non-hydrogen) atoms. The van der Waals surface area contributed by atoms with Gasteiger partial charge in [-0.25, -0.2) is 0 Å². The molecule has 0 bridgehead atoms. The molecule has 1 saturated carbocycles. The van der Waals surface area contributed by atoms with Gasteiger partial charge in [-0.15, -0.1) is 10.2 Å². The zero-order chi connectivity index (χ0) is 17.8. The van der Waals surface area contributed by atoms with Gasteiger partial charge in [-0.3, -0.25) is 4.79 Å². The van der Waals surface area contributed by atoms with Crippen molar-refractivity contribution in [2.45, 2.75) is 37.8 Å². The van der Waals surface area contributed by atoms with E-state index >= 15 is 0 Å². The van der Waals surface area contributed by atoms with Crippen LogP contribution in [0.15, 0.2) is 18.2 Å². The minimum absolute atomic E-state index is 0.0618. The largest absolute Gasteiger partial charge is 0.490 e. The molecule has 1 heterocycles. The molecule has 0 radical (unpaired) electrons. The van der Waals surface area contributed by atoms with E-state index in [-0.39, 0.29) is 23.9 Å². The summed E-state index contributed by atoms with van der Waals surface area (Å²) in [5.41, 5.74) is 0.429. The average molecular weight is 361 g/mol. The fourth-order valence-electron chi connectivity index (χ4n) is 2.80. The lowest BCUT2D eigenvalue weighted by Crippen LogP contribution is -2.40. The van der Waals surface area contributed by atoms with Gasteiger partial charge in [-0.2, -0.15) is 10.1 Å². The van der Waals surface area contributed by atoms with E-state index in [1.807, 2.05) is 6.07 Å². The summed E-state index contributed by atoms with van der Waals surface area (Å²) in [6.45, 7) is 0. The lowest BCUT2D eigenvalue weighted by atomic mass is 9.93. The van der Waals surface area contributed by atoms with Crippen LogP contribution < -0.4 is 10.1 Å². The fourth-order valence-corrected chi connectivity index (χ4v) is 3.02. The van der Waals surface area contributed by atoms with Gasteiger partial charge in [-0.05, 0) is 43.0 Å². The quantitative estimate of drug-likeness (QED) is 0.891. The molecular formula is C16H17ClN6O2. The standard InChI is InChI=1S/C16H17ClN6O2/c1-23-21-15(20-22-23)16(24)19-11-3-6-12(7-4-11)25-13-5-2-10(9-18)14(17)8-13/h2,5,8,11-12H,3-4,6-7H2,1H3,(H,19,24). The number of nitriles is 1. The van der Waals surface area contributed by atoms with Gasteiger partial charge in [0.25, 0.3) is 11.7 Å². The van der Waals surface area contributed by atoms with Crippen molar-refractivity contribution in [1.29, 1.82) is 5.26 Å². The smallest absolute Gasteiger partial charge is 0.293 e. The summed E-state index contributed by atoms with van der Waals surface area (Å²) in [5.74, 6) is 0.421. The summed E-state index contributed by atoms with van der Waals surface area (Å²) in [4.78, 5) is 13.3. The number of carbonyl (C=O) groups excluding carboxylic acids is 1. The normalized spacial score (nSPS) is 19.9. The van der Waals surface area contributed by atoms with E-state index in [0.717, 1.165) is 25.7 Å². The molecule has 1 N–H and O–H groups in total. The Morgan fingerprint density at radius 1 is 1.40 bits per heavy atom. The molecule has 1 fully saturated rings.